The van der Waals surface area contributed by atoms with E-state index in [9.17, 15) is 19.2 Å². The van der Waals surface area contributed by atoms with Gasteiger partial charge in [-0.2, -0.15) is 5.21 Å². The van der Waals surface area contributed by atoms with Crippen LogP contribution < -0.4 is 21.3 Å². The van der Waals surface area contributed by atoms with Gasteiger partial charge in [-0.3, -0.25) is 14.4 Å². The highest BCUT2D eigenvalue weighted by Gasteiger charge is 2.30. The van der Waals surface area contributed by atoms with Gasteiger partial charge in [0.15, 0.2) is 0 Å². The van der Waals surface area contributed by atoms with E-state index in [0.717, 1.165) is 54.7 Å². The zero-order valence-electron chi connectivity index (χ0n) is 29.6. The molecule has 6 N–H and O–H groups in total. The lowest BCUT2D eigenvalue weighted by molar-refractivity contribution is -0.130. The zero-order valence-corrected chi connectivity index (χ0v) is 29.6. The minimum absolute atomic E-state index is 0.119. The van der Waals surface area contributed by atoms with Crippen molar-refractivity contribution in [1.29, 1.82) is 0 Å². The van der Waals surface area contributed by atoms with E-state index in [1.54, 1.807) is 24.3 Å². The molecular weight excluding hydrogens is 662 g/mol. The fourth-order valence-corrected chi connectivity index (χ4v) is 6.47. The van der Waals surface area contributed by atoms with Crippen LogP contribution in [0.25, 0.3) is 22.5 Å². The van der Waals surface area contributed by atoms with E-state index in [0.29, 0.717) is 43.0 Å². The van der Waals surface area contributed by atoms with Gasteiger partial charge < -0.3 is 31.3 Å². The van der Waals surface area contributed by atoms with Gasteiger partial charge in [-0.05, 0) is 103 Å². The number of nitrogens with zero attached hydrogens (tertiary/aromatic N) is 4. The van der Waals surface area contributed by atoms with Gasteiger partial charge >= 0.3 is 6.09 Å². The van der Waals surface area contributed by atoms with Crippen molar-refractivity contribution in [2.75, 3.05) is 38.0 Å². The van der Waals surface area contributed by atoms with E-state index in [1.807, 2.05) is 48.5 Å². The maximum Gasteiger partial charge on any atom is 0.404 e. The van der Waals surface area contributed by atoms with Gasteiger partial charge in [0.05, 0.1) is 0 Å². The smallest absolute Gasteiger partial charge is 0.404 e. The molecule has 1 aliphatic carbocycles. The van der Waals surface area contributed by atoms with Gasteiger partial charge in [0, 0.05) is 48.8 Å². The number of amides is 4. The van der Waals surface area contributed by atoms with Crippen LogP contribution in [0.1, 0.15) is 55.5 Å². The van der Waals surface area contributed by atoms with Crippen LogP contribution in [0.15, 0.2) is 72.8 Å². The lowest BCUT2D eigenvalue weighted by Crippen LogP contribution is -2.48. The third-order valence-electron chi connectivity index (χ3n) is 9.60. The molecule has 0 aliphatic heterocycles. The highest BCUT2D eigenvalue weighted by atomic mass is 16.4. The van der Waals surface area contributed by atoms with Crippen molar-refractivity contribution in [3.8, 4) is 22.5 Å². The molecule has 1 aliphatic rings. The molecule has 0 saturated heterocycles. The molecule has 4 aromatic rings. The van der Waals surface area contributed by atoms with Crippen LogP contribution in [0.5, 0.6) is 0 Å². The first-order valence-electron chi connectivity index (χ1n) is 17.8. The second kappa shape index (κ2) is 18.6. The van der Waals surface area contributed by atoms with Crippen molar-refractivity contribution in [3.05, 3.63) is 83.9 Å². The molecule has 0 spiro atoms. The number of H-pyrrole nitrogens is 1. The van der Waals surface area contributed by atoms with Crippen LogP contribution in [-0.4, -0.2) is 93.2 Å². The number of anilines is 1. The minimum atomic E-state index is -1.05. The van der Waals surface area contributed by atoms with E-state index in [1.165, 1.54) is 0 Å². The molecule has 1 saturated carbocycles. The van der Waals surface area contributed by atoms with Gasteiger partial charge in [-0.15, -0.1) is 10.2 Å². The number of aromatic nitrogens is 4. The molecule has 1 aromatic heterocycles. The Kier molecular flexibility index (Phi) is 13.4. The number of hydrogen-bond donors (Lipinski definition) is 6. The van der Waals surface area contributed by atoms with Gasteiger partial charge in [-0.25, -0.2) is 4.79 Å². The number of rotatable bonds is 16. The Bertz CT molecular complexity index is 1770. The standard InChI is InChI=1S/C38H47N9O5/c1-3-47(4-2)21-20-39-35(48)29-14-12-27(13-15-29)31-7-5-6-26(22-31)23-33(42-36(49)30-10-8-25(9-11-30)24-40-38(51)52)37(50)41-32-18-16-28(17-19-32)34-43-45-46-44-34/h5-7,12-19,22,25,30,33,40H,3-4,8-11,20-21,23-24H2,1-2H3,(H,39,48)(H,41,50)(H,42,49)(H,51,52)(H,43,44,45,46)/t25?,30?,33-/m0/s1. The SMILES string of the molecule is CCN(CC)CCNC(=O)c1ccc(-c2cccc(C[C@H](NC(=O)C3CCC(CNC(=O)O)CC3)C(=O)Nc3ccc(-c4nn[nH]n4)cc3)c2)cc1. The molecule has 52 heavy (non-hydrogen) atoms. The first kappa shape index (κ1) is 37.6. The summed E-state index contributed by atoms with van der Waals surface area (Å²) < 4.78 is 0. The molecule has 274 valence electrons. The first-order valence-corrected chi connectivity index (χ1v) is 17.8. The first-order chi connectivity index (χ1) is 25.2. The Morgan fingerprint density at radius 2 is 1.60 bits per heavy atom. The fourth-order valence-electron chi connectivity index (χ4n) is 6.47. The average Bonchev–Trinajstić information content (AvgIpc) is 3.71. The van der Waals surface area contributed by atoms with Crippen LogP contribution in [0, 0.1) is 11.8 Å². The monoisotopic (exact) mass is 709 g/mol. The number of hydrogen-bond acceptors (Lipinski definition) is 8. The second-order valence-electron chi connectivity index (χ2n) is 13.0. The van der Waals surface area contributed by atoms with E-state index < -0.39 is 12.1 Å². The third kappa shape index (κ3) is 10.7. The number of carboxylic acid groups (broad SMARTS) is 1. The van der Waals surface area contributed by atoms with Crippen molar-refractivity contribution in [1.82, 2.24) is 41.5 Å². The second-order valence-corrected chi connectivity index (χ2v) is 13.0. The van der Waals surface area contributed by atoms with E-state index in [2.05, 4.69) is 60.6 Å². The topological polar surface area (TPSA) is 194 Å². The number of aromatic amines is 1. The van der Waals surface area contributed by atoms with Crippen molar-refractivity contribution in [3.63, 3.8) is 0 Å². The molecule has 1 atom stereocenters. The largest absolute Gasteiger partial charge is 0.465 e. The summed E-state index contributed by atoms with van der Waals surface area (Å²) in [6, 6.07) is 21.4. The highest BCUT2D eigenvalue weighted by Crippen LogP contribution is 2.29. The number of nitrogens with one attached hydrogen (secondary N) is 5. The molecule has 1 fully saturated rings. The number of carbonyl (C=O) groups is 4. The fraction of sp³-hybridized carbons (Fsp3) is 0.395. The van der Waals surface area contributed by atoms with Crippen LogP contribution in [-0.2, 0) is 16.0 Å². The summed E-state index contributed by atoms with van der Waals surface area (Å²) in [4.78, 5) is 53.2. The Labute approximate surface area is 303 Å². The molecule has 5 rings (SSSR count). The summed E-state index contributed by atoms with van der Waals surface area (Å²) in [6.07, 6.45) is 1.87. The van der Waals surface area contributed by atoms with Gasteiger partial charge in [0.1, 0.15) is 6.04 Å². The Hall–Kier alpha value is -5.63. The van der Waals surface area contributed by atoms with Crippen molar-refractivity contribution in [2.24, 2.45) is 11.8 Å². The lowest BCUT2D eigenvalue weighted by atomic mass is 9.81. The average molecular weight is 710 g/mol. The highest BCUT2D eigenvalue weighted by molar-refractivity contribution is 5.98. The van der Waals surface area contributed by atoms with Gasteiger partial charge in [0.25, 0.3) is 5.91 Å². The van der Waals surface area contributed by atoms with Crippen molar-refractivity contribution >= 4 is 29.5 Å². The summed E-state index contributed by atoms with van der Waals surface area (Å²) in [6.45, 7) is 7.81. The molecule has 1 heterocycles. The molecule has 3 aromatic carbocycles. The molecular formula is C38H47N9O5. The van der Waals surface area contributed by atoms with Crippen LogP contribution in [0.4, 0.5) is 10.5 Å². The quantitative estimate of drug-likeness (QED) is 0.0981. The number of benzene rings is 3. The predicted molar refractivity (Wildman–Crippen MR) is 197 cm³/mol. The maximum atomic E-state index is 13.8. The summed E-state index contributed by atoms with van der Waals surface area (Å²) in [5.41, 5.74) is 4.55. The molecule has 0 unspecified atom stereocenters. The number of carbonyl (C=O) groups excluding carboxylic acids is 3. The Balaban J connectivity index is 1.26. The molecule has 0 bridgehead atoms. The number of likely N-dealkylation sites (N-methyl/N-ethyl adjacent to an activating group) is 1. The Morgan fingerprint density at radius 1 is 0.885 bits per heavy atom. The van der Waals surface area contributed by atoms with Crippen molar-refractivity contribution < 1.29 is 24.3 Å². The normalized spacial score (nSPS) is 16.1. The van der Waals surface area contributed by atoms with Crippen LogP contribution >= 0.6 is 0 Å². The molecule has 14 nitrogen and oxygen atoms in total. The third-order valence-corrected chi connectivity index (χ3v) is 9.60. The van der Waals surface area contributed by atoms with E-state index in [4.69, 9.17) is 5.11 Å². The zero-order chi connectivity index (χ0) is 36.9. The van der Waals surface area contributed by atoms with E-state index >= 15 is 0 Å². The van der Waals surface area contributed by atoms with Gasteiger partial charge in [-0.1, -0.05) is 50.2 Å². The minimum Gasteiger partial charge on any atom is -0.465 e. The summed E-state index contributed by atoms with van der Waals surface area (Å²) >= 11 is 0. The lowest BCUT2D eigenvalue weighted by Gasteiger charge is -2.29. The predicted octanol–water partition coefficient (Wildman–Crippen LogP) is 4.35. The van der Waals surface area contributed by atoms with Crippen LogP contribution in [0.2, 0.25) is 0 Å². The van der Waals surface area contributed by atoms with Gasteiger partial charge in [0.2, 0.25) is 17.6 Å². The van der Waals surface area contributed by atoms with E-state index in [-0.39, 0.29) is 36.0 Å². The Morgan fingerprint density at radius 3 is 2.25 bits per heavy atom. The molecule has 4 amide bonds. The molecule has 0 radical (unpaired) electrons. The summed E-state index contributed by atoms with van der Waals surface area (Å²) in [5, 5.41) is 34.3. The summed E-state index contributed by atoms with van der Waals surface area (Å²) in [5.74, 6) is -0.337. The van der Waals surface area contributed by atoms with Crippen molar-refractivity contribution in [2.45, 2.75) is 52.0 Å². The van der Waals surface area contributed by atoms with Crippen LogP contribution in [0.3, 0.4) is 0 Å². The number of tetrazole rings is 1. The maximum absolute atomic E-state index is 13.8. The molecule has 14 heteroatoms. The summed E-state index contributed by atoms with van der Waals surface area (Å²) in [7, 11) is 0.